The number of rotatable bonds is 5. The molecule has 0 saturated heterocycles. The number of alkyl halides is 3. The Morgan fingerprint density at radius 2 is 2.00 bits per heavy atom. The molecule has 19 heavy (non-hydrogen) atoms. The molecule has 0 spiro atoms. The Labute approximate surface area is 106 Å². The third-order valence-electron chi connectivity index (χ3n) is 2.37. The van der Waals surface area contributed by atoms with E-state index >= 15 is 0 Å². The lowest BCUT2D eigenvalue weighted by Crippen LogP contribution is -2.33. The molecule has 0 fully saturated rings. The lowest BCUT2D eigenvalue weighted by molar-refractivity contribution is -0.208. The van der Waals surface area contributed by atoms with Crippen molar-refractivity contribution >= 4 is 5.97 Å². The molecule has 0 amide bonds. The number of aliphatic hydroxyl groups is 1. The molecule has 2 N–H and O–H groups in total. The van der Waals surface area contributed by atoms with E-state index in [2.05, 4.69) is 10.3 Å². The average Bonchev–Trinajstić information content (AvgIpc) is 2.59. The van der Waals surface area contributed by atoms with Crippen molar-refractivity contribution in [3.63, 3.8) is 0 Å². The third kappa shape index (κ3) is 3.91. The molecular weight excluding hydrogens is 267 g/mol. The van der Waals surface area contributed by atoms with Gasteiger partial charge in [0.1, 0.15) is 0 Å². The minimum atomic E-state index is -4.79. The van der Waals surface area contributed by atoms with Crippen LogP contribution in [-0.4, -0.2) is 43.5 Å². The summed E-state index contributed by atoms with van der Waals surface area (Å²) < 4.78 is 37.6. The Balaban J connectivity index is 3.04. The van der Waals surface area contributed by atoms with Crippen molar-refractivity contribution in [3.05, 3.63) is 11.4 Å². The van der Waals surface area contributed by atoms with E-state index in [1.165, 1.54) is 0 Å². The van der Waals surface area contributed by atoms with Gasteiger partial charge in [-0.15, -0.1) is 5.10 Å². The zero-order valence-electron chi connectivity index (χ0n) is 10.3. The van der Waals surface area contributed by atoms with E-state index in [-0.39, 0.29) is 23.7 Å². The van der Waals surface area contributed by atoms with Crippen LogP contribution in [0.1, 0.15) is 30.0 Å². The van der Waals surface area contributed by atoms with Gasteiger partial charge in [0.05, 0.1) is 12.2 Å². The molecular formula is C10H14F3N3O3. The zero-order chi connectivity index (χ0) is 14.8. The molecule has 1 atom stereocenters. The topological polar surface area (TPSA) is 88.2 Å². The van der Waals surface area contributed by atoms with E-state index in [0.29, 0.717) is 0 Å². The van der Waals surface area contributed by atoms with Crippen molar-refractivity contribution in [2.75, 3.05) is 0 Å². The number of carbonyl (C=O) groups is 1. The van der Waals surface area contributed by atoms with E-state index in [4.69, 9.17) is 10.2 Å². The van der Waals surface area contributed by atoms with Crippen LogP contribution >= 0.6 is 0 Å². The van der Waals surface area contributed by atoms with Crippen LogP contribution in [-0.2, 0) is 13.0 Å². The average molecular weight is 281 g/mol. The molecule has 1 heterocycles. The first-order valence-electron chi connectivity index (χ1n) is 5.53. The van der Waals surface area contributed by atoms with E-state index in [9.17, 15) is 18.0 Å². The van der Waals surface area contributed by atoms with Gasteiger partial charge in [-0.3, -0.25) is 0 Å². The maximum absolute atomic E-state index is 12.3. The van der Waals surface area contributed by atoms with E-state index in [1.807, 2.05) is 0 Å². The second-order valence-corrected chi connectivity index (χ2v) is 4.53. The highest BCUT2D eigenvalue weighted by Gasteiger charge is 2.39. The fourth-order valence-corrected chi connectivity index (χ4v) is 1.50. The van der Waals surface area contributed by atoms with Crippen LogP contribution in [0, 0.1) is 5.92 Å². The quantitative estimate of drug-likeness (QED) is 0.843. The second kappa shape index (κ2) is 5.55. The molecule has 0 radical (unpaired) electrons. The lowest BCUT2D eigenvalue weighted by atomic mass is 10.1. The van der Waals surface area contributed by atoms with Crippen molar-refractivity contribution in [3.8, 4) is 0 Å². The van der Waals surface area contributed by atoms with E-state index < -0.39 is 24.8 Å². The molecule has 0 aliphatic carbocycles. The molecule has 0 aromatic carbocycles. The highest BCUT2D eigenvalue weighted by atomic mass is 19.4. The summed E-state index contributed by atoms with van der Waals surface area (Å²) in [4.78, 5) is 10.9. The smallest absolute Gasteiger partial charge is 0.416 e. The summed E-state index contributed by atoms with van der Waals surface area (Å²) in [6, 6.07) is 0. The number of aromatic nitrogens is 3. The van der Waals surface area contributed by atoms with Crippen LogP contribution in [0.2, 0.25) is 0 Å². The Morgan fingerprint density at radius 3 is 2.42 bits per heavy atom. The van der Waals surface area contributed by atoms with Gasteiger partial charge in [-0.1, -0.05) is 19.1 Å². The first-order chi connectivity index (χ1) is 8.62. The summed E-state index contributed by atoms with van der Waals surface area (Å²) in [5.74, 6) is -1.35. The molecule has 108 valence electrons. The predicted molar refractivity (Wildman–Crippen MR) is 57.6 cm³/mol. The number of nitrogens with zero attached hydrogens (tertiary/aromatic N) is 3. The maximum Gasteiger partial charge on any atom is 0.416 e. The number of hydrogen-bond acceptors (Lipinski definition) is 4. The summed E-state index contributed by atoms with van der Waals surface area (Å²) in [7, 11) is 0. The summed E-state index contributed by atoms with van der Waals surface area (Å²) in [6.07, 6.45) is -7.19. The first-order valence-corrected chi connectivity index (χ1v) is 5.53. The Hall–Kier alpha value is -1.64. The molecule has 1 aromatic rings. The molecule has 9 heteroatoms. The monoisotopic (exact) mass is 281 g/mol. The van der Waals surface area contributed by atoms with Gasteiger partial charge in [-0.05, 0) is 12.3 Å². The summed E-state index contributed by atoms with van der Waals surface area (Å²) in [5.41, 5.74) is -0.311. The molecule has 1 aromatic heterocycles. The predicted octanol–water partition coefficient (Wildman–Crippen LogP) is 1.10. The largest absolute Gasteiger partial charge is 0.476 e. The summed E-state index contributed by atoms with van der Waals surface area (Å²) >= 11 is 0. The van der Waals surface area contributed by atoms with Gasteiger partial charge in [-0.25, -0.2) is 9.48 Å². The Morgan fingerprint density at radius 1 is 1.42 bits per heavy atom. The second-order valence-electron chi connectivity index (χ2n) is 4.53. The van der Waals surface area contributed by atoms with Crippen LogP contribution in [0.3, 0.4) is 0 Å². The molecule has 0 aliphatic rings. The van der Waals surface area contributed by atoms with Crippen LogP contribution < -0.4 is 0 Å². The van der Waals surface area contributed by atoms with Gasteiger partial charge in [-0.2, -0.15) is 13.2 Å². The van der Waals surface area contributed by atoms with Gasteiger partial charge < -0.3 is 10.2 Å². The number of aromatic carboxylic acids is 1. The van der Waals surface area contributed by atoms with Crippen LogP contribution in [0.25, 0.3) is 0 Å². The molecule has 1 unspecified atom stereocenters. The fourth-order valence-electron chi connectivity index (χ4n) is 1.50. The first kappa shape index (κ1) is 15.4. The highest BCUT2D eigenvalue weighted by Crippen LogP contribution is 2.22. The van der Waals surface area contributed by atoms with Crippen molar-refractivity contribution in [2.45, 2.75) is 39.1 Å². The highest BCUT2D eigenvalue weighted by molar-refractivity contribution is 5.86. The van der Waals surface area contributed by atoms with Crippen molar-refractivity contribution in [1.29, 1.82) is 0 Å². The van der Waals surface area contributed by atoms with Gasteiger partial charge in [0, 0.05) is 0 Å². The van der Waals surface area contributed by atoms with Crippen molar-refractivity contribution in [2.24, 2.45) is 5.92 Å². The van der Waals surface area contributed by atoms with Gasteiger partial charge in [0.15, 0.2) is 11.8 Å². The number of carboxylic acids is 1. The maximum atomic E-state index is 12.3. The van der Waals surface area contributed by atoms with E-state index in [1.54, 1.807) is 13.8 Å². The van der Waals surface area contributed by atoms with Crippen LogP contribution in [0.15, 0.2) is 0 Å². The van der Waals surface area contributed by atoms with Crippen molar-refractivity contribution in [1.82, 2.24) is 15.0 Å². The Kier molecular flexibility index (Phi) is 4.51. The SMILES string of the molecule is CC(C)Cc1c(C(=O)O)nnn1CC(O)C(F)(F)F. The van der Waals surface area contributed by atoms with Crippen molar-refractivity contribution < 1.29 is 28.2 Å². The summed E-state index contributed by atoms with van der Waals surface area (Å²) in [5, 5.41) is 24.6. The lowest BCUT2D eigenvalue weighted by Gasteiger charge is -2.16. The zero-order valence-corrected chi connectivity index (χ0v) is 10.3. The summed E-state index contributed by atoms with van der Waals surface area (Å²) in [6.45, 7) is 2.69. The fraction of sp³-hybridized carbons (Fsp3) is 0.700. The molecule has 1 rings (SSSR count). The van der Waals surface area contributed by atoms with Gasteiger partial charge in [0.25, 0.3) is 0 Å². The van der Waals surface area contributed by atoms with Gasteiger partial charge >= 0.3 is 12.1 Å². The molecule has 0 saturated carbocycles. The number of halogens is 3. The van der Waals surface area contributed by atoms with Crippen LogP contribution in [0.5, 0.6) is 0 Å². The Bertz CT molecular complexity index is 457. The van der Waals surface area contributed by atoms with E-state index in [0.717, 1.165) is 4.68 Å². The minimum Gasteiger partial charge on any atom is -0.476 e. The molecule has 0 aliphatic heterocycles. The minimum absolute atomic E-state index is 0.0124. The van der Waals surface area contributed by atoms with Crippen LogP contribution in [0.4, 0.5) is 13.2 Å². The third-order valence-corrected chi connectivity index (χ3v) is 2.37. The number of hydrogen-bond donors (Lipinski definition) is 2. The molecule has 6 nitrogen and oxygen atoms in total. The number of carboxylic acid groups (broad SMARTS) is 1. The number of aliphatic hydroxyl groups excluding tert-OH is 1. The molecule has 0 bridgehead atoms. The standard InChI is InChI=1S/C10H14F3N3O3/c1-5(2)3-6-8(9(18)19)14-15-16(6)4-7(17)10(11,12)13/h5,7,17H,3-4H2,1-2H3,(H,18,19). The van der Waals surface area contributed by atoms with Gasteiger partial charge in [0.2, 0.25) is 0 Å². The normalized spacial score (nSPS) is 13.8.